The molecule has 0 spiro atoms. The van der Waals surface area contributed by atoms with Crippen molar-refractivity contribution >= 4 is 17.3 Å². The Hall–Kier alpha value is -4.46. The Bertz CT molecular complexity index is 1240. The van der Waals surface area contributed by atoms with Crippen molar-refractivity contribution in [1.29, 1.82) is 0 Å². The maximum Gasteiger partial charge on any atom is 0.338 e. The molecule has 0 atom stereocenters. The van der Waals surface area contributed by atoms with Crippen molar-refractivity contribution < 1.29 is 14.5 Å². The average molecular weight is 414 g/mol. The van der Waals surface area contributed by atoms with E-state index in [0.29, 0.717) is 11.3 Å². The molecule has 8 heteroatoms. The van der Waals surface area contributed by atoms with Crippen LogP contribution in [-0.2, 0) is 11.3 Å². The number of nitrogen functional groups attached to an aromatic ring is 1. The first kappa shape index (κ1) is 19.8. The van der Waals surface area contributed by atoms with Crippen LogP contribution in [0.25, 0.3) is 16.9 Å². The van der Waals surface area contributed by atoms with Gasteiger partial charge in [0.2, 0.25) is 0 Å². The van der Waals surface area contributed by atoms with Gasteiger partial charge in [-0.25, -0.2) is 9.48 Å². The molecule has 0 aliphatic heterocycles. The van der Waals surface area contributed by atoms with Crippen LogP contribution in [0.15, 0.2) is 85.1 Å². The van der Waals surface area contributed by atoms with E-state index in [1.54, 1.807) is 10.9 Å². The number of carbonyl (C=O) groups excluding carboxylic acids is 1. The van der Waals surface area contributed by atoms with Crippen molar-refractivity contribution in [3.8, 4) is 16.9 Å². The topological polar surface area (TPSA) is 113 Å². The van der Waals surface area contributed by atoms with Crippen LogP contribution < -0.4 is 5.73 Å². The zero-order valence-corrected chi connectivity index (χ0v) is 16.3. The van der Waals surface area contributed by atoms with E-state index in [-0.39, 0.29) is 23.5 Å². The van der Waals surface area contributed by atoms with Crippen LogP contribution in [0.2, 0.25) is 0 Å². The SMILES string of the molecule is Nc1ccc(C(=O)OCc2cn(-c3ccccc3)nc2-c2ccccc2)cc1[N+](=O)[O-]. The molecule has 4 rings (SSSR count). The molecule has 0 aliphatic rings. The molecule has 0 aliphatic carbocycles. The van der Waals surface area contributed by atoms with Crippen molar-refractivity contribution in [1.82, 2.24) is 9.78 Å². The standard InChI is InChI=1S/C23H18N4O4/c24-20-12-11-17(13-21(20)27(29)30)23(28)31-15-18-14-26(19-9-5-2-6-10-19)25-22(18)16-7-3-1-4-8-16/h1-14H,15,24H2. The Balaban J connectivity index is 1.62. The van der Waals surface area contributed by atoms with Gasteiger partial charge in [-0.05, 0) is 24.3 Å². The maximum atomic E-state index is 12.5. The highest BCUT2D eigenvalue weighted by Crippen LogP contribution is 2.26. The van der Waals surface area contributed by atoms with E-state index in [1.165, 1.54) is 12.1 Å². The molecule has 2 N–H and O–H groups in total. The van der Waals surface area contributed by atoms with Gasteiger partial charge in [0.05, 0.1) is 21.9 Å². The van der Waals surface area contributed by atoms with Gasteiger partial charge in [0.1, 0.15) is 12.3 Å². The number of ether oxygens (including phenoxy) is 1. The lowest BCUT2D eigenvalue weighted by Crippen LogP contribution is -2.07. The predicted octanol–water partition coefficient (Wildman–Crippen LogP) is 4.39. The molecular weight excluding hydrogens is 396 g/mol. The number of carbonyl (C=O) groups is 1. The molecule has 0 saturated heterocycles. The minimum Gasteiger partial charge on any atom is -0.457 e. The third-order valence-electron chi connectivity index (χ3n) is 4.68. The number of hydrogen-bond acceptors (Lipinski definition) is 6. The van der Waals surface area contributed by atoms with E-state index in [2.05, 4.69) is 5.10 Å². The second-order valence-corrected chi connectivity index (χ2v) is 6.76. The van der Waals surface area contributed by atoms with Gasteiger partial charge in [0, 0.05) is 23.4 Å². The normalized spacial score (nSPS) is 10.6. The lowest BCUT2D eigenvalue weighted by atomic mass is 10.1. The molecule has 31 heavy (non-hydrogen) atoms. The van der Waals surface area contributed by atoms with Gasteiger partial charge in [-0.1, -0.05) is 48.5 Å². The van der Waals surface area contributed by atoms with Gasteiger partial charge < -0.3 is 10.5 Å². The summed E-state index contributed by atoms with van der Waals surface area (Å²) in [7, 11) is 0. The van der Waals surface area contributed by atoms with Crippen LogP contribution in [0, 0.1) is 10.1 Å². The fraction of sp³-hybridized carbons (Fsp3) is 0.0435. The van der Waals surface area contributed by atoms with E-state index in [9.17, 15) is 14.9 Å². The Kier molecular flexibility index (Phi) is 5.44. The molecule has 1 aromatic heterocycles. The molecule has 0 bridgehead atoms. The highest BCUT2D eigenvalue weighted by Gasteiger charge is 2.18. The number of benzene rings is 3. The Morgan fingerprint density at radius 1 is 1.03 bits per heavy atom. The van der Waals surface area contributed by atoms with Gasteiger partial charge >= 0.3 is 5.97 Å². The fourth-order valence-corrected chi connectivity index (χ4v) is 3.12. The summed E-state index contributed by atoms with van der Waals surface area (Å²) in [5.74, 6) is -0.686. The molecule has 0 saturated carbocycles. The van der Waals surface area contributed by atoms with E-state index in [0.717, 1.165) is 17.3 Å². The minimum atomic E-state index is -0.686. The zero-order valence-electron chi connectivity index (χ0n) is 16.3. The summed E-state index contributed by atoms with van der Waals surface area (Å²) in [6, 6.07) is 23.0. The zero-order chi connectivity index (χ0) is 21.8. The van der Waals surface area contributed by atoms with Gasteiger partial charge in [0.15, 0.2) is 0 Å². The second-order valence-electron chi connectivity index (χ2n) is 6.76. The highest BCUT2D eigenvalue weighted by atomic mass is 16.6. The first-order chi connectivity index (χ1) is 15.0. The Morgan fingerprint density at radius 3 is 2.39 bits per heavy atom. The Labute approximate surface area is 177 Å². The molecular formula is C23H18N4O4. The lowest BCUT2D eigenvalue weighted by molar-refractivity contribution is -0.383. The van der Waals surface area contributed by atoms with E-state index in [4.69, 9.17) is 10.5 Å². The molecule has 0 radical (unpaired) electrons. The number of nitro groups is 1. The summed E-state index contributed by atoms with van der Waals surface area (Å²) in [5.41, 5.74) is 8.42. The number of esters is 1. The molecule has 0 fully saturated rings. The number of rotatable bonds is 6. The smallest absolute Gasteiger partial charge is 0.338 e. The Morgan fingerprint density at radius 2 is 1.71 bits per heavy atom. The van der Waals surface area contributed by atoms with Crippen LogP contribution >= 0.6 is 0 Å². The van der Waals surface area contributed by atoms with Crippen LogP contribution in [0.3, 0.4) is 0 Å². The van der Waals surface area contributed by atoms with Gasteiger partial charge in [-0.15, -0.1) is 0 Å². The van der Waals surface area contributed by atoms with E-state index in [1.807, 2.05) is 60.7 Å². The van der Waals surface area contributed by atoms with Crippen molar-refractivity contribution in [2.75, 3.05) is 5.73 Å². The second kappa shape index (κ2) is 8.50. The van der Waals surface area contributed by atoms with Crippen molar-refractivity contribution in [3.05, 3.63) is 106 Å². The number of aromatic nitrogens is 2. The molecule has 154 valence electrons. The average Bonchev–Trinajstić information content (AvgIpc) is 3.23. The van der Waals surface area contributed by atoms with Gasteiger partial charge in [-0.2, -0.15) is 5.10 Å². The maximum absolute atomic E-state index is 12.5. The van der Waals surface area contributed by atoms with Crippen molar-refractivity contribution in [2.24, 2.45) is 0 Å². The third-order valence-corrected chi connectivity index (χ3v) is 4.68. The molecule has 4 aromatic rings. The number of nitrogens with zero attached hydrogens (tertiary/aromatic N) is 3. The van der Waals surface area contributed by atoms with E-state index >= 15 is 0 Å². The van der Waals surface area contributed by atoms with Gasteiger partial charge in [-0.3, -0.25) is 10.1 Å². The number of nitrogens with two attached hydrogens (primary N) is 1. The number of para-hydroxylation sites is 1. The largest absolute Gasteiger partial charge is 0.457 e. The molecule has 3 aromatic carbocycles. The fourth-order valence-electron chi connectivity index (χ4n) is 3.12. The summed E-state index contributed by atoms with van der Waals surface area (Å²) in [6.45, 7) is -0.0476. The predicted molar refractivity (Wildman–Crippen MR) is 116 cm³/mol. The van der Waals surface area contributed by atoms with Crippen LogP contribution in [0.1, 0.15) is 15.9 Å². The summed E-state index contributed by atoms with van der Waals surface area (Å²) >= 11 is 0. The molecule has 0 unspecified atom stereocenters. The monoisotopic (exact) mass is 414 g/mol. The number of nitro benzene ring substituents is 1. The molecule has 1 heterocycles. The quantitative estimate of drug-likeness (QED) is 0.217. The summed E-state index contributed by atoms with van der Waals surface area (Å²) in [4.78, 5) is 23.0. The lowest BCUT2D eigenvalue weighted by Gasteiger charge is -2.06. The van der Waals surface area contributed by atoms with Gasteiger partial charge in [0.25, 0.3) is 5.69 Å². The third kappa shape index (κ3) is 4.27. The summed E-state index contributed by atoms with van der Waals surface area (Å²) in [5, 5.41) is 15.7. The van der Waals surface area contributed by atoms with Crippen molar-refractivity contribution in [3.63, 3.8) is 0 Å². The number of hydrogen-bond donors (Lipinski definition) is 1. The number of anilines is 1. The molecule has 0 amide bonds. The first-order valence-corrected chi connectivity index (χ1v) is 9.43. The highest BCUT2D eigenvalue weighted by molar-refractivity contribution is 5.91. The van der Waals surface area contributed by atoms with Crippen LogP contribution in [-0.4, -0.2) is 20.7 Å². The molecule has 8 nitrogen and oxygen atoms in total. The van der Waals surface area contributed by atoms with Crippen molar-refractivity contribution in [2.45, 2.75) is 6.61 Å². The van der Waals surface area contributed by atoms with Crippen LogP contribution in [0.4, 0.5) is 11.4 Å². The minimum absolute atomic E-state index is 0.0166. The summed E-state index contributed by atoms with van der Waals surface area (Å²) < 4.78 is 7.17. The van der Waals surface area contributed by atoms with Crippen LogP contribution in [0.5, 0.6) is 0 Å². The first-order valence-electron chi connectivity index (χ1n) is 9.43. The summed E-state index contributed by atoms with van der Waals surface area (Å²) in [6.07, 6.45) is 1.80. The van der Waals surface area contributed by atoms with E-state index < -0.39 is 10.9 Å².